The zero-order valence-electron chi connectivity index (χ0n) is 12.5. The predicted octanol–water partition coefficient (Wildman–Crippen LogP) is 2.09. The fourth-order valence-electron chi connectivity index (χ4n) is 2.09. The molecule has 0 aliphatic rings. The van der Waals surface area contributed by atoms with E-state index < -0.39 is 10.0 Å². The van der Waals surface area contributed by atoms with E-state index in [0.29, 0.717) is 5.56 Å². The number of hydrogen-bond acceptors (Lipinski definition) is 4. The smallest absolute Gasteiger partial charge is 0.213 e. The third-order valence-corrected chi connectivity index (χ3v) is 3.82. The number of primary sulfonamides is 1. The van der Waals surface area contributed by atoms with Crippen LogP contribution < -0.4 is 10.5 Å². The maximum Gasteiger partial charge on any atom is 0.213 e. The Labute approximate surface area is 121 Å². The van der Waals surface area contributed by atoms with E-state index in [1.54, 1.807) is 19.2 Å². The summed E-state index contributed by atoms with van der Waals surface area (Å²) >= 11 is 0. The first-order valence-electron chi connectivity index (χ1n) is 6.52. The molecule has 1 unspecified atom stereocenters. The van der Waals surface area contributed by atoms with Crippen molar-refractivity contribution >= 4 is 15.7 Å². The maximum absolute atomic E-state index is 11.0. The average Bonchev–Trinajstić information content (AvgIpc) is 2.29. The van der Waals surface area contributed by atoms with Crippen LogP contribution in [0.2, 0.25) is 0 Å². The molecule has 0 fully saturated rings. The highest BCUT2D eigenvalue weighted by Gasteiger charge is 2.19. The molecule has 0 aliphatic carbocycles. The lowest BCUT2D eigenvalue weighted by Gasteiger charge is -2.27. The van der Waals surface area contributed by atoms with Crippen molar-refractivity contribution in [1.29, 1.82) is 0 Å². The summed E-state index contributed by atoms with van der Waals surface area (Å²) in [6, 6.07) is 7.49. The fraction of sp³-hybridized carbons (Fsp3) is 0.571. The minimum absolute atomic E-state index is 0.139. The highest BCUT2D eigenvalue weighted by atomic mass is 32.2. The Morgan fingerprint density at radius 2 is 1.85 bits per heavy atom. The van der Waals surface area contributed by atoms with E-state index in [-0.39, 0.29) is 17.4 Å². The van der Waals surface area contributed by atoms with E-state index in [4.69, 9.17) is 9.88 Å². The van der Waals surface area contributed by atoms with Gasteiger partial charge in [-0.05, 0) is 44.9 Å². The largest absolute Gasteiger partial charge is 0.382 e. The van der Waals surface area contributed by atoms with Crippen LogP contribution in [0.4, 0.5) is 5.69 Å². The van der Waals surface area contributed by atoms with Gasteiger partial charge in [-0.15, -0.1) is 0 Å². The maximum atomic E-state index is 11.0. The van der Waals surface area contributed by atoms with Gasteiger partial charge in [0.25, 0.3) is 0 Å². The van der Waals surface area contributed by atoms with Crippen LogP contribution in [0.1, 0.15) is 32.8 Å². The normalized spacial score (nSPS) is 14.1. The van der Waals surface area contributed by atoms with E-state index in [1.807, 2.05) is 26.0 Å². The van der Waals surface area contributed by atoms with E-state index in [1.165, 1.54) is 0 Å². The number of nitrogens with two attached hydrogens (primary N) is 1. The first-order chi connectivity index (χ1) is 9.11. The summed E-state index contributed by atoms with van der Waals surface area (Å²) in [5.41, 5.74) is 1.45. The number of anilines is 1. The molecule has 0 bridgehead atoms. The standard InChI is InChI=1S/C14H24N2O3S/c1-11(9-14(2,3)19-4)16-13-7-5-12(6-8-13)10-20(15,17)18/h5-8,11,16H,9-10H2,1-4H3,(H2,15,17,18). The van der Waals surface area contributed by atoms with Crippen molar-refractivity contribution in [1.82, 2.24) is 0 Å². The Hall–Kier alpha value is -1.11. The Morgan fingerprint density at radius 1 is 1.30 bits per heavy atom. The van der Waals surface area contributed by atoms with E-state index in [2.05, 4.69) is 12.2 Å². The van der Waals surface area contributed by atoms with Gasteiger partial charge in [-0.1, -0.05) is 12.1 Å². The minimum atomic E-state index is -3.48. The zero-order chi connectivity index (χ0) is 15.4. The van der Waals surface area contributed by atoms with Crippen LogP contribution in [0.3, 0.4) is 0 Å². The first-order valence-corrected chi connectivity index (χ1v) is 8.24. The second-order valence-electron chi connectivity index (χ2n) is 5.72. The lowest BCUT2D eigenvalue weighted by molar-refractivity contribution is 0.0128. The van der Waals surface area contributed by atoms with Gasteiger partial charge in [-0.3, -0.25) is 0 Å². The summed E-state index contributed by atoms with van der Waals surface area (Å²) < 4.78 is 27.4. The highest BCUT2D eigenvalue weighted by Crippen LogP contribution is 2.19. The van der Waals surface area contributed by atoms with Crippen LogP contribution in [0.5, 0.6) is 0 Å². The summed E-state index contributed by atoms with van der Waals surface area (Å²) in [5.74, 6) is -0.139. The van der Waals surface area contributed by atoms with Crippen molar-refractivity contribution in [3.63, 3.8) is 0 Å². The van der Waals surface area contributed by atoms with Gasteiger partial charge in [-0.25, -0.2) is 13.6 Å². The molecule has 0 amide bonds. The molecule has 0 heterocycles. The number of sulfonamides is 1. The summed E-state index contributed by atoms with van der Waals surface area (Å²) in [4.78, 5) is 0. The van der Waals surface area contributed by atoms with Crippen LogP contribution >= 0.6 is 0 Å². The highest BCUT2D eigenvalue weighted by molar-refractivity contribution is 7.88. The van der Waals surface area contributed by atoms with Crippen LogP contribution in [0.25, 0.3) is 0 Å². The van der Waals surface area contributed by atoms with E-state index in [9.17, 15) is 8.42 Å². The predicted molar refractivity (Wildman–Crippen MR) is 82.0 cm³/mol. The van der Waals surface area contributed by atoms with E-state index in [0.717, 1.165) is 12.1 Å². The Morgan fingerprint density at radius 3 is 2.30 bits per heavy atom. The summed E-state index contributed by atoms with van der Waals surface area (Å²) in [6.45, 7) is 6.17. The number of methoxy groups -OCH3 is 1. The van der Waals surface area contributed by atoms with Crippen molar-refractivity contribution in [2.75, 3.05) is 12.4 Å². The number of nitrogens with one attached hydrogen (secondary N) is 1. The molecule has 1 atom stereocenters. The third-order valence-electron chi connectivity index (χ3n) is 3.09. The lowest BCUT2D eigenvalue weighted by Crippen LogP contribution is -2.31. The average molecular weight is 300 g/mol. The molecule has 3 N–H and O–H groups in total. The van der Waals surface area contributed by atoms with Crippen molar-refractivity contribution in [3.05, 3.63) is 29.8 Å². The molecule has 20 heavy (non-hydrogen) atoms. The second-order valence-corrected chi connectivity index (χ2v) is 7.33. The van der Waals surface area contributed by atoms with Gasteiger partial charge in [0.05, 0.1) is 11.4 Å². The van der Waals surface area contributed by atoms with Crippen LogP contribution in [-0.4, -0.2) is 27.2 Å². The topological polar surface area (TPSA) is 81.4 Å². The molecule has 1 aromatic rings. The molecule has 1 rings (SSSR count). The first kappa shape index (κ1) is 16.9. The van der Waals surface area contributed by atoms with Crippen LogP contribution in [0.15, 0.2) is 24.3 Å². The number of rotatable bonds is 7. The van der Waals surface area contributed by atoms with Crippen molar-refractivity contribution in [3.8, 4) is 0 Å². The molecule has 1 aromatic carbocycles. The quantitative estimate of drug-likeness (QED) is 0.808. The van der Waals surface area contributed by atoms with Crippen molar-refractivity contribution in [2.24, 2.45) is 5.14 Å². The molecule has 0 saturated carbocycles. The van der Waals surface area contributed by atoms with Gasteiger partial charge < -0.3 is 10.1 Å². The molecule has 0 spiro atoms. The van der Waals surface area contributed by atoms with Gasteiger partial charge in [0.1, 0.15) is 0 Å². The summed E-state index contributed by atoms with van der Waals surface area (Å²) in [7, 11) is -1.77. The lowest BCUT2D eigenvalue weighted by atomic mass is 9.99. The minimum Gasteiger partial charge on any atom is -0.382 e. The number of benzene rings is 1. The van der Waals surface area contributed by atoms with Crippen LogP contribution in [-0.2, 0) is 20.5 Å². The molecule has 114 valence electrons. The SMILES string of the molecule is COC(C)(C)CC(C)Nc1ccc(CS(N)(=O)=O)cc1. The Kier molecular flexibility index (Phi) is 5.56. The fourth-order valence-corrected chi connectivity index (χ4v) is 2.74. The molecule has 0 aliphatic heterocycles. The summed E-state index contributed by atoms with van der Waals surface area (Å²) in [6.07, 6.45) is 0.864. The second kappa shape index (κ2) is 6.56. The van der Waals surface area contributed by atoms with Gasteiger partial charge in [0.15, 0.2) is 0 Å². The monoisotopic (exact) mass is 300 g/mol. The molecular formula is C14H24N2O3S. The molecule has 5 nitrogen and oxygen atoms in total. The molecule has 0 aromatic heterocycles. The van der Waals surface area contributed by atoms with E-state index >= 15 is 0 Å². The molecule has 0 saturated heterocycles. The Balaban J connectivity index is 2.61. The Bertz CT molecular complexity index is 524. The van der Waals surface area contributed by atoms with Crippen molar-refractivity contribution < 1.29 is 13.2 Å². The number of ether oxygens (including phenoxy) is 1. The van der Waals surface area contributed by atoms with Gasteiger partial charge >= 0.3 is 0 Å². The molecule has 6 heteroatoms. The van der Waals surface area contributed by atoms with Gasteiger partial charge in [-0.2, -0.15) is 0 Å². The zero-order valence-corrected chi connectivity index (χ0v) is 13.3. The van der Waals surface area contributed by atoms with Crippen LogP contribution in [0, 0.1) is 0 Å². The molecule has 0 radical (unpaired) electrons. The van der Waals surface area contributed by atoms with Gasteiger partial charge in [0.2, 0.25) is 10.0 Å². The summed E-state index contributed by atoms with van der Waals surface area (Å²) in [5, 5.41) is 8.38. The van der Waals surface area contributed by atoms with Crippen molar-refractivity contribution in [2.45, 2.75) is 44.6 Å². The van der Waals surface area contributed by atoms with Gasteiger partial charge in [0, 0.05) is 18.8 Å². The number of hydrogen-bond donors (Lipinski definition) is 2. The third kappa shape index (κ3) is 6.36. The molecular weight excluding hydrogens is 276 g/mol.